The summed E-state index contributed by atoms with van der Waals surface area (Å²) in [6.07, 6.45) is 1.67. The number of hydrogen-bond donors (Lipinski definition) is 0. The third kappa shape index (κ3) is 2.86. The Hall–Kier alpha value is -1.40. The van der Waals surface area contributed by atoms with Gasteiger partial charge in [-0.2, -0.15) is 5.10 Å². The van der Waals surface area contributed by atoms with Crippen molar-refractivity contribution in [3.05, 3.63) is 33.5 Å². The van der Waals surface area contributed by atoms with Crippen molar-refractivity contribution < 1.29 is 9.53 Å². The summed E-state index contributed by atoms with van der Waals surface area (Å²) in [5, 5.41) is 4.47. The molecule has 2 aromatic heterocycles. The lowest BCUT2D eigenvalue weighted by molar-refractivity contribution is 0.0518. The number of carbonyl (C=O) groups excluding carboxylic acids is 1. The molecule has 0 aliphatic rings. The molecular weight excluding hydrogens is 346 g/mol. The van der Waals surface area contributed by atoms with Crippen molar-refractivity contribution in [2.24, 2.45) is 0 Å². The second kappa shape index (κ2) is 6.37. The zero-order chi connectivity index (χ0) is 14.7. The molecule has 0 fully saturated rings. The lowest BCUT2D eigenvalue weighted by Gasteiger charge is -2.04. The first kappa shape index (κ1) is 15.0. The summed E-state index contributed by atoms with van der Waals surface area (Å²) in [6.45, 7) is 4.51. The number of pyridine rings is 1. The molecule has 20 heavy (non-hydrogen) atoms. The van der Waals surface area contributed by atoms with E-state index in [0.29, 0.717) is 17.9 Å². The van der Waals surface area contributed by atoms with E-state index in [-0.39, 0.29) is 17.3 Å². The van der Waals surface area contributed by atoms with Gasteiger partial charge in [0.1, 0.15) is 10.7 Å². The summed E-state index contributed by atoms with van der Waals surface area (Å²) in [4.78, 5) is 16.1. The van der Waals surface area contributed by atoms with E-state index in [1.807, 2.05) is 19.1 Å². The van der Waals surface area contributed by atoms with Crippen molar-refractivity contribution in [1.82, 2.24) is 14.8 Å². The summed E-state index contributed by atoms with van der Waals surface area (Å²) >= 11 is 9.61. The first-order chi connectivity index (χ1) is 9.58. The van der Waals surface area contributed by atoms with Crippen LogP contribution in [0.5, 0.6) is 0 Å². The van der Waals surface area contributed by atoms with Gasteiger partial charge in [-0.1, -0.05) is 11.6 Å². The minimum Gasteiger partial charge on any atom is -0.461 e. The van der Waals surface area contributed by atoms with Gasteiger partial charge in [0.2, 0.25) is 0 Å². The van der Waals surface area contributed by atoms with E-state index in [1.165, 1.54) is 0 Å². The van der Waals surface area contributed by atoms with Crippen LogP contribution in [0.15, 0.2) is 22.8 Å². The van der Waals surface area contributed by atoms with Crippen molar-refractivity contribution >= 4 is 33.5 Å². The van der Waals surface area contributed by atoms with Crippen LogP contribution in [0.3, 0.4) is 0 Å². The third-order valence-electron chi connectivity index (χ3n) is 2.63. The van der Waals surface area contributed by atoms with Crippen LogP contribution in [0.2, 0.25) is 5.02 Å². The standard InChI is InChI=1S/C13H13BrClN3O2/c1-3-18-12(9-6-5-8(14)7-16-9)10(15)11(17-18)13(19)20-4-2/h5-7H,3-4H2,1-2H3. The second-order valence-electron chi connectivity index (χ2n) is 3.91. The van der Waals surface area contributed by atoms with Crippen LogP contribution < -0.4 is 0 Å². The Kier molecular flexibility index (Phi) is 4.77. The maximum Gasteiger partial charge on any atom is 0.360 e. The Bertz CT molecular complexity index is 625. The number of rotatable bonds is 4. The van der Waals surface area contributed by atoms with Crippen LogP contribution >= 0.6 is 27.5 Å². The maximum absolute atomic E-state index is 11.8. The van der Waals surface area contributed by atoms with E-state index >= 15 is 0 Å². The molecule has 2 rings (SSSR count). The van der Waals surface area contributed by atoms with Gasteiger partial charge in [0.15, 0.2) is 5.69 Å². The second-order valence-corrected chi connectivity index (χ2v) is 5.20. The molecule has 0 atom stereocenters. The Labute approximate surface area is 130 Å². The molecular formula is C13H13BrClN3O2. The van der Waals surface area contributed by atoms with E-state index < -0.39 is 5.97 Å². The molecule has 0 aliphatic heterocycles. The molecule has 0 amide bonds. The lowest BCUT2D eigenvalue weighted by Crippen LogP contribution is -2.07. The highest BCUT2D eigenvalue weighted by molar-refractivity contribution is 9.10. The number of aromatic nitrogens is 3. The molecule has 0 bridgehead atoms. The average molecular weight is 359 g/mol. The summed E-state index contributed by atoms with van der Waals surface area (Å²) in [6, 6.07) is 3.67. The van der Waals surface area contributed by atoms with Crippen molar-refractivity contribution in [2.45, 2.75) is 20.4 Å². The molecule has 0 unspecified atom stereocenters. The van der Waals surface area contributed by atoms with Crippen LogP contribution in [0.25, 0.3) is 11.4 Å². The molecule has 7 heteroatoms. The van der Waals surface area contributed by atoms with E-state index in [1.54, 1.807) is 17.8 Å². The fourth-order valence-corrected chi connectivity index (χ4v) is 2.30. The van der Waals surface area contributed by atoms with E-state index in [2.05, 4.69) is 26.0 Å². The molecule has 0 spiro atoms. The highest BCUT2D eigenvalue weighted by Crippen LogP contribution is 2.30. The highest BCUT2D eigenvalue weighted by Gasteiger charge is 2.23. The summed E-state index contributed by atoms with van der Waals surface area (Å²) in [5.74, 6) is -0.525. The molecule has 106 valence electrons. The fourth-order valence-electron chi connectivity index (χ4n) is 1.76. The zero-order valence-corrected chi connectivity index (χ0v) is 13.4. The van der Waals surface area contributed by atoms with Crippen molar-refractivity contribution in [2.75, 3.05) is 6.61 Å². The Morgan fingerprint density at radius 2 is 2.20 bits per heavy atom. The van der Waals surface area contributed by atoms with Crippen LogP contribution in [0.1, 0.15) is 24.3 Å². The largest absolute Gasteiger partial charge is 0.461 e. The predicted octanol–water partition coefficient (Wildman–Crippen LogP) is 3.56. The summed E-state index contributed by atoms with van der Waals surface area (Å²) < 4.78 is 7.46. The Balaban J connectivity index is 2.52. The van der Waals surface area contributed by atoms with Gasteiger partial charge in [-0.05, 0) is 41.9 Å². The quantitative estimate of drug-likeness (QED) is 0.784. The predicted molar refractivity (Wildman–Crippen MR) is 79.8 cm³/mol. The molecule has 5 nitrogen and oxygen atoms in total. The van der Waals surface area contributed by atoms with Gasteiger partial charge in [-0.15, -0.1) is 0 Å². The molecule has 0 N–H and O–H groups in total. The number of ether oxygens (including phenoxy) is 1. The van der Waals surface area contributed by atoms with Crippen molar-refractivity contribution in [3.63, 3.8) is 0 Å². The normalized spacial score (nSPS) is 10.6. The van der Waals surface area contributed by atoms with Gasteiger partial charge in [-0.25, -0.2) is 4.79 Å². The lowest BCUT2D eigenvalue weighted by atomic mass is 10.2. The number of halogens is 2. The van der Waals surface area contributed by atoms with Gasteiger partial charge >= 0.3 is 5.97 Å². The topological polar surface area (TPSA) is 57.0 Å². The molecule has 0 saturated carbocycles. The summed E-state index contributed by atoms with van der Waals surface area (Å²) in [5.41, 5.74) is 1.39. The monoisotopic (exact) mass is 357 g/mol. The smallest absolute Gasteiger partial charge is 0.360 e. The molecule has 0 saturated heterocycles. The van der Waals surface area contributed by atoms with Gasteiger partial charge in [0.25, 0.3) is 0 Å². The zero-order valence-electron chi connectivity index (χ0n) is 11.1. The van der Waals surface area contributed by atoms with Gasteiger partial charge < -0.3 is 4.74 Å². The Morgan fingerprint density at radius 1 is 1.45 bits per heavy atom. The molecule has 0 aromatic carbocycles. The number of nitrogens with zero attached hydrogens (tertiary/aromatic N) is 3. The Morgan fingerprint density at radius 3 is 2.75 bits per heavy atom. The molecule has 0 aliphatic carbocycles. The van der Waals surface area contributed by atoms with Gasteiger partial charge in [-0.3, -0.25) is 9.67 Å². The third-order valence-corrected chi connectivity index (χ3v) is 3.46. The number of esters is 1. The van der Waals surface area contributed by atoms with Crippen LogP contribution in [-0.2, 0) is 11.3 Å². The average Bonchev–Trinajstić information content (AvgIpc) is 2.77. The first-order valence-corrected chi connectivity index (χ1v) is 7.30. The minimum atomic E-state index is -0.525. The van der Waals surface area contributed by atoms with Crippen LogP contribution in [-0.4, -0.2) is 27.3 Å². The molecule has 2 heterocycles. The SMILES string of the molecule is CCOC(=O)c1nn(CC)c(-c2ccc(Br)cn2)c1Cl. The van der Waals surface area contributed by atoms with Crippen molar-refractivity contribution in [1.29, 1.82) is 0 Å². The highest BCUT2D eigenvalue weighted by atomic mass is 79.9. The van der Waals surface area contributed by atoms with Crippen LogP contribution in [0.4, 0.5) is 0 Å². The van der Waals surface area contributed by atoms with Crippen LogP contribution in [0, 0.1) is 0 Å². The van der Waals surface area contributed by atoms with Gasteiger partial charge in [0, 0.05) is 17.2 Å². The minimum absolute atomic E-state index is 0.120. The maximum atomic E-state index is 11.8. The van der Waals surface area contributed by atoms with Crippen molar-refractivity contribution in [3.8, 4) is 11.4 Å². The molecule has 2 aromatic rings. The fraction of sp³-hybridized carbons (Fsp3) is 0.308. The van der Waals surface area contributed by atoms with E-state index in [4.69, 9.17) is 16.3 Å². The van der Waals surface area contributed by atoms with E-state index in [0.717, 1.165) is 4.47 Å². The molecule has 0 radical (unpaired) electrons. The van der Waals surface area contributed by atoms with E-state index in [9.17, 15) is 4.79 Å². The summed E-state index contributed by atoms with van der Waals surface area (Å²) in [7, 11) is 0. The number of carbonyl (C=O) groups is 1. The first-order valence-electron chi connectivity index (χ1n) is 6.13. The van der Waals surface area contributed by atoms with Gasteiger partial charge in [0.05, 0.1) is 12.3 Å². The number of hydrogen-bond acceptors (Lipinski definition) is 4. The number of aryl methyl sites for hydroxylation is 1.